The molecule has 0 radical (unpaired) electrons. The lowest BCUT2D eigenvalue weighted by Gasteiger charge is -2.32. The first-order chi connectivity index (χ1) is 16.2. The molecule has 33 heavy (non-hydrogen) atoms. The number of piperidine rings is 1. The zero-order chi connectivity index (χ0) is 22.6. The molecule has 174 valence electrons. The van der Waals surface area contributed by atoms with Crippen LogP contribution in [0, 0.1) is 5.82 Å². The third-order valence-corrected chi connectivity index (χ3v) is 7.40. The first kappa shape index (κ1) is 22.4. The van der Waals surface area contributed by atoms with Crippen LogP contribution in [0.4, 0.5) is 4.39 Å². The summed E-state index contributed by atoms with van der Waals surface area (Å²) >= 11 is 1.75. The molecule has 0 bridgehead atoms. The largest absolute Gasteiger partial charge is 0.497 e. The second kappa shape index (κ2) is 10.2. The highest BCUT2D eigenvalue weighted by atomic mass is 32.2. The number of fused-ring (bicyclic) bond motifs is 2. The van der Waals surface area contributed by atoms with Gasteiger partial charge in [0, 0.05) is 42.0 Å². The number of pyridine rings is 2. The van der Waals surface area contributed by atoms with Crippen molar-refractivity contribution < 1.29 is 13.9 Å². The summed E-state index contributed by atoms with van der Waals surface area (Å²) in [5.41, 5.74) is 2.68. The number of likely N-dealkylation sites (tertiary alicyclic amines) is 1. The Balaban J connectivity index is 1.13. The Morgan fingerprint density at radius 2 is 2.09 bits per heavy atom. The minimum atomic E-state index is -0.242. The number of ether oxygens (including phenoxy) is 2. The molecule has 2 aliphatic rings. The Labute approximate surface area is 197 Å². The third-order valence-electron chi connectivity index (χ3n) is 6.45. The summed E-state index contributed by atoms with van der Waals surface area (Å²) in [6.07, 6.45) is 6.11. The van der Waals surface area contributed by atoms with Crippen LogP contribution in [-0.2, 0) is 13.0 Å². The molecular weight excluding hydrogens is 439 g/mol. The summed E-state index contributed by atoms with van der Waals surface area (Å²) < 4.78 is 25.6. The highest BCUT2D eigenvalue weighted by molar-refractivity contribution is 7.99. The van der Waals surface area contributed by atoms with Crippen LogP contribution in [0.3, 0.4) is 0 Å². The number of nitrogens with zero attached hydrogens (tertiary/aromatic N) is 3. The molecule has 1 aromatic carbocycles. The molecule has 1 fully saturated rings. The van der Waals surface area contributed by atoms with Gasteiger partial charge in [-0.3, -0.25) is 4.98 Å². The number of hydrogen-bond acceptors (Lipinski definition) is 7. The standard InChI is InChI=1S/C25H29FN4O2S/c1-31-19-2-3-23-21(13-19)20(22(26)16-28-23)6-9-30-7-4-18(5-8-30)27-14-17-12-24-25(29-15-17)33-11-10-32-24/h2-3,12-13,15-16,18,27H,4-11,14H2,1H3. The molecule has 0 amide bonds. The Kier molecular flexibility index (Phi) is 6.94. The molecule has 0 aliphatic carbocycles. The van der Waals surface area contributed by atoms with Gasteiger partial charge < -0.3 is 19.7 Å². The van der Waals surface area contributed by atoms with Gasteiger partial charge in [0.25, 0.3) is 0 Å². The van der Waals surface area contributed by atoms with Gasteiger partial charge in [0.2, 0.25) is 0 Å². The summed E-state index contributed by atoms with van der Waals surface area (Å²) in [6, 6.07) is 8.23. The van der Waals surface area contributed by atoms with Crippen molar-refractivity contribution in [1.29, 1.82) is 0 Å². The average molecular weight is 469 g/mol. The van der Waals surface area contributed by atoms with E-state index in [1.54, 1.807) is 18.9 Å². The van der Waals surface area contributed by atoms with E-state index < -0.39 is 0 Å². The summed E-state index contributed by atoms with van der Waals surface area (Å²) in [5.74, 6) is 2.36. The highest BCUT2D eigenvalue weighted by Crippen LogP contribution is 2.31. The Bertz CT molecular complexity index is 1120. The van der Waals surface area contributed by atoms with Gasteiger partial charge in [-0.15, -0.1) is 0 Å². The first-order valence-electron chi connectivity index (χ1n) is 11.5. The van der Waals surface area contributed by atoms with Crippen LogP contribution >= 0.6 is 11.8 Å². The molecule has 0 spiro atoms. The monoisotopic (exact) mass is 468 g/mol. The van der Waals surface area contributed by atoms with Crippen molar-refractivity contribution >= 4 is 22.7 Å². The van der Waals surface area contributed by atoms with Crippen molar-refractivity contribution in [2.75, 3.05) is 39.1 Å². The molecule has 8 heteroatoms. The lowest BCUT2D eigenvalue weighted by molar-refractivity contribution is 0.199. The molecule has 1 saturated heterocycles. The van der Waals surface area contributed by atoms with Gasteiger partial charge in [0.15, 0.2) is 5.75 Å². The number of methoxy groups -OCH3 is 1. The number of hydrogen-bond donors (Lipinski definition) is 1. The fourth-order valence-corrected chi connectivity index (χ4v) is 5.29. The molecule has 1 N–H and O–H groups in total. The van der Waals surface area contributed by atoms with Crippen molar-refractivity contribution in [2.45, 2.75) is 36.9 Å². The first-order valence-corrected chi connectivity index (χ1v) is 12.5. The number of nitrogens with one attached hydrogen (secondary N) is 1. The van der Waals surface area contributed by atoms with Crippen molar-refractivity contribution in [3.05, 3.63) is 53.6 Å². The van der Waals surface area contributed by atoms with Crippen molar-refractivity contribution in [2.24, 2.45) is 0 Å². The summed E-state index contributed by atoms with van der Waals surface area (Å²) in [6.45, 7) is 4.40. The summed E-state index contributed by atoms with van der Waals surface area (Å²) in [7, 11) is 1.63. The lowest BCUT2D eigenvalue weighted by Crippen LogP contribution is -2.42. The van der Waals surface area contributed by atoms with Crippen LogP contribution in [0.1, 0.15) is 24.0 Å². The quantitative estimate of drug-likeness (QED) is 0.561. The van der Waals surface area contributed by atoms with E-state index in [1.807, 2.05) is 24.4 Å². The van der Waals surface area contributed by atoms with Gasteiger partial charge in [-0.2, -0.15) is 0 Å². The van der Waals surface area contributed by atoms with Gasteiger partial charge in [-0.05, 0) is 62.2 Å². The van der Waals surface area contributed by atoms with Crippen LogP contribution in [0.15, 0.2) is 41.7 Å². The maximum absolute atomic E-state index is 14.6. The maximum Gasteiger partial charge on any atom is 0.151 e. The van der Waals surface area contributed by atoms with E-state index in [0.717, 1.165) is 89.9 Å². The van der Waals surface area contributed by atoms with Gasteiger partial charge in [-0.25, -0.2) is 9.37 Å². The van der Waals surface area contributed by atoms with Crippen LogP contribution < -0.4 is 14.8 Å². The number of thioether (sulfide) groups is 1. The van der Waals surface area contributed by atoms with Gasteiger partial charge in [0.1, 0.15) is 16.6 Å². The predicted octanol–water partition coefficient (Wildman–Crippen LogP) is 4.06. The minimum Gasteiger partial charge on any atom is -0.497 e. The van der Waals surface area contributed by atoms with E-state index in [0.29, 0.717) is 12.5 Å². The summed E-state index contributed by atoms with van der Waals surface area (Å²) in [4.78, 5) is 11.2. The van der Waals surface area contributed by atoms with E-state index in [2.05, 4.69) is 26.3 Å². The van der Waals surface area contributed by atoms with E-state index in [4.69, 9.17) is 9.47 Å². The van der Waals surface area contributed by atoms with E-state index in [1.165, 1.54) is 6.20 Å². The fourth-order valence-electron chi connectivity index (χ4n) is 4.55. The van der Waals surface area contributed by atoms with Crippen molar-refractivity contribution in [3.63, 3.8) is 0 Å². The van der Waals surface area contributed by atoms with Crippen molar-refractivity contribution in [1.82, 2.24) is 20.2 Å². The maximum atomic E-state index is 14.6. The van der Waals surface area contributed by atoms with Crippen LogP contribution in [0.2, 0.25) is 0 Å². The molecule has 0 saturated carbocycles. The molecule has 3 aromatic rings. The normalized spacial score (nSPS) is 17.0. The van der Waals surface area contributed by atoms with Crippen LogP contribution in [-0.4, -0.2) is 60.0 Å². The second-order valence-corrected chi connectivity index (χ2v) is 9.64. The Morgan fingerprint density at radius 3 is 2.94 bits per heavy atom. The zero-order valence-electron chi connectivity index (χ0n) is 18.8. The van der Waals surface area contributed by atoms with Crippen LogP contribution in [0.5, 0.6) is 11.5 Å². The molecule has 2 aromatic heterocycles. The van der Waals surface area contributed by atoms with E-state index >= 15 is 0 Å². The number of halogens is 1. The molecule has 4 heterocycles. The predicted molar refractivity (Wildman–Crippen MR) is 129 cm³/mol. The van der Waals surface area contributed by atoms with Gasteiger partial charge in [0.05, 0.1) is 25.4 Å². The van der Waals surface area contributed by atoms with Crippen LogP contribution in [0.25, 0.3) is 10.9 Å². The number of benzene rings is 1. The molecule has 5 rings (SSSR count). The molecule has 0 atom stereocenters. The lowest BCUT2D eigenvalue weighted by atomic mass is 10.0. The van der Waals surface area contributed by atoms with E-state index in [9.17, 15) is 4.39 Å². The Morgan fingerprint density at radius 1 is 1.21 bits per heavy atom. The molecule has 2 aliphatic heterocycles. The second-order valence-electron chi connectivity index (χ2n) is 8.56. The molecule has 6 nitrogen and oxygen atoms in total. The summed E-state index contributed by atoms with van der Waals surface area (Å²) in [5, 5.41) is 5.51. The third kappa shape index (κ3) is 5.23. The minimum absolute atomic E-state index is 0.242. The van der Waals surface area contributed by atoms with Gasteiger partial charge in [-0.1, -0.05) is 11.8 Å². The molecular formula is C25H29FN4O2S. The number of rotatable bonds is 7. The van der Waals surface area contributed by atoms with Crippen molar-refractivity contribution in [3.8, 4) is 11.5 Å². The fraction of sp³-hybridized carbons (Fsp3) is 0.440. The highest BCUT2D eigenvalue weighted by Gasteiger charge is 2.20. The smallest absolute Gasteiger partial charge is 0.151 e. The zero-order valence-corrected chi connectivity index (χ0v) is 19.7. The Hall–Kier alpha value is -2.42. The molecule has 0 unspecified atom stereocenters. The number of aromatic nitrogens is 2. The SMILES string of the molecule is COc1ccc2ncc(F)c(CCN3CCC(NCc4cnc5c(c4)OCCS5)CC3)c2c1. The average Bonchev–Trinajstić information content (AvgIpc) is 2.87. The van der Waals surface area contributed by atoms with E-state index in [-0.39, 0.29) is 5.82 Å². The van der Waals surface area contributed by atoms with Gasteiger partial charge >= 0.3 is 0 Å². The topological polar surface area (TPSA) is 59.5 Å².